The van der Waals surface area contributed by atoms with Gasteiger partial charge in [0.05, 0.1) is 12.8 Å². The molecule has 0 saturated carbocycles. The summed E-state index contributed by atoms with van der Waals surface area (Å²) in [5.41, 5.74) is 1.06. The van der Waals surface area contributed by atoms with Gasteiger partial charge in [0.1, 0.15) is 17.1 Å². The maximum atomic E-state index is 12.9. The number of hydrogen-bond acceptors (Lipinski definition) is 4. The molecule has 3 aliphatic rings. The average Bonchev–Trinajstić information content (AvgIpc) is 3.44. The summed E-state index contributed by atoms with van der Waals surface area (Å²) in [6, 6.07) is 12.3. The van der Waals surface area contributed by atoms with Crippen LogP contribution >= 0.6 is 0 Å². The highest BCUT2D eigenvalue weighted by Gasteiger charge is 2.44. The number of piperidine rings is 1. The van der Waals surface area contributed by atoms with Gasteiger partial charge in [0.15, 0.2) is 0 Å². The van der Waals surface area contributed by atoms with E-state index in [2.05, 4.69) is 28.0 Å². The Morgan fingerprint density at radius 1 is 1.03 bits per heavy atom. The van der Waals surface area contributed by atoms with Crippen LogP contribution in [0.5, 0.6) is 5.75 Å². The molecule has 2 saturated heterocycles. The zero-order chi connectivity index (χ0) is 19.7. The van der Waals surface area contributed by atoms with Gasteiger partial charge in [-0.2, -0.15) is 0 Å². The van der Waals surface area contributed by atoms with Crippen LogP contribution in [0, 0.1) is 0 Å². The fourth-order valence-electron chi connectivity index (χ4n) is 5.28. The Balaban J connectivity index is 1.29. The van der Waals surface area contributed by atoms with Gasteiger partial charge in [-0.05, 0) is 55.9 Å². The molecule has 0 aliphatic carbocycles. The number of likely N-dealkylation sites (tertiary alicyclic amines) is 2. The number of hydrogen-bond donors (Lipinski definition) is 0. The van der Waals surface area contributed by atoms with Crippen molar-refractivity contribution in [2.24, 2.45) is 0 Å². The molecule has 1 aromatic heterocycles. The van der Waals surface area contributed by atoms with E-state index in [9.17, 15) is 4.79 Å². The van der Waals surface area contributed by atoms with Crippen molar-refractivity contribution in [2.45, 2.75) is 56.6 Å². The molecule has 2 fully saturated rings. The van der Waals surface area contributed by atoms with Crippen molar-refractivity contribution in [1.82, 2.24) is 9.80 Å². The van der Waals surface area contributed by atoms with Crippen LogP contribution in [0.15, 0.2) is 47.1 Å². The lowest BCUT2D eigenvalue weighted by Crippen LogP contribution is -2.50. The summed E-state index contributed by atoms with van der Waals surface area (Å²) >= 11 is 0. The Bertz CT molecular complexity index is 834. The first-order chi connectivity index (χ1) is 14.2. The molecule has 0 bridgehead atoms. The molecule has 1 aromatic carbocycles. The van der Waals surface area contributed by atoms with Crippen molar-refractivity contribution < 1.29 is 13.9 Å². The van der Waals surface area contributed by atoms with Crippen molar-refractivity contribution in [2.75, 3.05) is 26.2 Å². The number of ether oxygens (including phenoxy) is 1. The Labute approximate surface area is 172 Å². The van der Waals surface area contributed by atoms with Crippen LogP contribution in [0.25, 0.3) is 0 Å². The first-order valence-corrected chi connectivity index (χ1v) is 11.0. The Hall–Kier alpha value is -2.27. The van der Waals surface area contributed by atoms with Gasteiger partial charge >= 0.3 is 0 Å². The Morgan fingerprint density at radius 3 is 2.59 bits per heavy atom. The molecular formula is C24H30N2O3. The first-order valence-electron chi connectivity index (χ1n) is 11.0. The first kappa shape index (κ1) is 18.7. The number of nitrogens with zero attached hydrogens (tertiary/aromatic N) is 2. The molecule has 5 rings (SSSR count). The van der Waals surface area contributed by atoms with E-state index in [0.29, 0.717) is 12.3 Å². The number of carbonyl (C=O) groups is 1. The number of furan rings is 1. The lowest BCUT2D eigenvalue weighted by atomic mass is 9.76. The van der Waals surface area contributed by atoms with Gasteiger partial charge in [-0.25, -0.2) is 0 Å². The molecule has 2 aromatic rings. The van der Waals surface area contributed by atoms with E-state index in [1.807, 2.05) is 18.2 Å². The minimum absolute atomic E-state index is 0.149. The standard InChI is InChI=1S/C24H30N2O3/c27-23(26-11-3-4-12-26)16-19-17-24(29-22-8-2-1-7-21(19)22)9-13-25(14-10-24)18-20-6-5-15-28-20/h1-2,5-8,15,19H,3-4,9-14,16-18H2. The molecule has 1 amide bonds. The van der Waals surface area contributed by atoms with Crippen LogP contribution in [0.3, 0.4) is 0 Å². The highest BCUT2D eigenvalue weighted by molar-refractivity contribution is 5.77. The maximum Gasteiger partial charge on any atom is 0.223 e. The van der Waals surface area contributed by atoms with Crippen LogP contribution in [-0.4, -0.2) is 47.5 Å². The van der Waals surface area contributed by atoms with Crippen molar-refractivity contribution in [3.05, 3.63) is 54.0 Å². The summed E-state index contributed by atoms with van der Waals surface area (Å²) in [4.78, 5) is 17.4. The van der Waals surface area contributed by atoms with E-state index in [4.69, 9.17) is 9.15 Å². The number of benzene rings is 1. The molecule has 1 atom stereocenters. The SMILES string of the molecule is O=C(CC1CC2(CCN(Cc3ccco3)CC2)Oc2ccccc21)N1CCCC1. The second kappa shape index (κ2) is 7.86. The largest absolute Gasteiger partial charge is 0.487 e. The second-order valence-electron chi connectivity index (χ2n) is 8.87. The topological polar surface area (TPSA) is 45.9 Å². The summed E-state index contributed by atoms with van der Waals surface area (Å²) in [7, 11) is 0. The van der Waals surface area contributed by atoms with Crippen molar-refractivity contribution in [3.63, 3.8) is 0 Å². The van der Waals surface area contributed by atoms with Gasteiger partial charge in [0, 0.05) is 38.5 Å². The average molecular weight is 395 g/mol. The molecule has 1 unspecified atom stereocenters. The maximum absolute atomic E-state index is 12.9. The van der Waals surface area contributed by atoms with E-state index in [1.165, 1.54) is 5.56 Å². The van der Waals surface area contributed by atoms with E-state index in [-0.39, 0.29) is 11.5 Å². The predicted octanol–water partition coefficient (Wildman–Crippen LogP) is 4.19. The van der Waals surface area contributed by atoms with E-state index in [1.54, 1.807) is 6.26 Å². The van der Waals surface area contributed by atoms with Crippen LogP contribution in [0.1, 0.15) is 55.8 Å². The summed E-state index contributed by atoms with van der Waals surface area (Å²) < 4.78 is 12.1. The monoisotopic (exact) mass is 394 g/mol. The third-order valence-electron chi connectivity index (χ3n) is 6.91. The third-order valence-corrected chi connectivity index (χ3v) is 6.91. The Morgan fingerprint density at radius 2 is 1.83 bits per heavy atom. The molecule has 0 radical (unpaired) electrons. The van der Waals surface area contributed by atoms with E-state index in [0.717, 1.165) is 76.3 Å². The van der Waals surface area contributed by atoms with Crippen molar-refractivity contribution in [3.8, 4) is 5.75 Å². The highest BCUT2D eigenvalue weighted by atomic mass is 16.5. The molecule has 3 aliphatic heterocycles. The lowest BCUT2D eigenvalue weighted by molar-refractivity contribution is -0.131. The van der Waals surface area contributed by atoms with Crippen LogP contribution in [0.2, 0.25) is 0 Å². The predicted molar refractivity (Wildman–Crippen MR) is 111 cm³/mol. The van der Waals surface area contributed by atoms with Crippen LogP contribution in [-0.2, 0) is 11.3 Å². The zero-order valence-corrected chi connectivity index (χ0v) is 17.0. The molecule has 4 heterocycles. The quantitative estimate of drug-likeness (QED) is 0.780. The van der Waals surface area contributed by atoms with Crippen LogP contribution < -0.4 is 4.74 Å². The zero-order valence-electron chi connectivity index (χ0n) is 17.0. The summed E-state index contributed by atoms with van der Waals surface area (Å²) in [6.45, 7) is 4.70. The number of carbonyl (C=O) groups excluding carboxylic acids is 1. The van der Waals surface area contributed by atoms with Gasteiger partial charge < -0.3 is 14.1 Å². The molecule has 29 heavy (non-hydrogen) atoms. The van der Waals surface area contributed by atoms with Gasteiger partial charge in [-0.3, -0.25) is 9.69 Å². The number of amides is 1. The molecule has 0 N–H and O–H groups in total. The van der Waals surface area contributed by atoms with Crippen molar-refractivity contribution >= 4 is 5.91 Å². The van der Waals surface area contributed by atoms with E-state index >= 15 is 0 Å². The summed E-state index contributed by atoms with van der Waals surface area (Å²) in [6.07, 6.45) is 7.57. The van der Waals surface area contributed by atoms with E-state index < -0.39 is 0 Å². The number of fused-ring (bicyclic) bond motifs is 1. The number of para-hydroxylation sites is 1. The van der Waals surface area contributed by atoms with Gasteiger partial charge in [-0.15, -0.1) is 0 Å². The third kappa shape index (κ3) is 3.93. The normalized spacial score (nSPS) is 23.7. The molecular weight excluding hydrogens is 364 g/mol. The smallest absolute Gasteiger partial charge is 0.223 e. The summed E-state index contributed by atoms with van der Waals surface area (Å²) in [5.74, 6) is 2.57. The molecule has 1 spiro atoms. The molecule has 5 nitrogen and oxygen atoms in total. The fraction of sp³-hybridized carbons (Fsp3) is 0.542. The number of rotatable bonds is 4. The fourth-order valence-corrected chi connectivity index (χ4v) is 5.28. The van der Waals surface area contributed by atoms with Crippen molar-refractivity contribution in [1.29, 1.82) is 0 Å². The second-order valence-corrected chi connectivity index (χ2v) is 8.87. The highest BCUT2D eigenvalue weighted by Crippen LogP contribution is 2.46. The Kier molecular flexibility index (Phi) is 5.08. The molecule has 154 valence electrons. The minimum atomic E-state index is -0.149. The summed E-state index contributed by atoms with van der Waals surface area (Å²) in [5, 5.41) is 0. The minimum Gasteiger partial charge on any atom is -0.487 e. The van der Waals surface area contributed by atoms with Gasteiger partial charge in [0.2, 0.25) is 5.91 Å². The van der Waals surface area contributed by atoms with Gasteiger partial charge in [-0.1, -0.05) is 18.2 Å². The van der Waals surface area contributed by atoms with Gasteiger partial charge in [0.25, 0.3) is 0 Å². The lowest BCUT2D eigenvalue weighted by Gasteiger charge is -2.47. The van der Waals surface area contributed by atoms with Crippen LogP contribution in [0.4, 0.5) is 0 Å². The molecule has 5 heteroatoms.